The van der Waals surface area contributed by atoms with Gasteiger partial charge in [0.2, 0.25) is 0 Å². The molecule has 0 spiro atoms. The number of benzene rings is 1. The molecule has 0 radical (unpaired) electrons. The van der Waals surface area contributed by atoms with Crippen molar-refractivity contribution < 1.29 is 17.5 Å². The standard InChI is InChI=1S/C9H14N5.C7H8O3S/c1-4-13-8(10)12-14-7(3)5-6(2)11-9(13)14;1-6-2-4-7(5-3-6)11(8,9)10/h5H,4H2,1-3H3,(H2,10,12);2-5H,1H3,(H,8,9,10)/q+1;/p-1. The highest BCUT2D eigenvalue weighted by Crippen LogP contribution is 2.08. The SMILES string of the molecule is CC[n+]1c(N)nn2c(C)cc(C)nc21.Cc1ccc(S(=O)(=O)[O-])cc1. The van der Waals surface area contributed by atoms with E-state index in [1.807, 2.05) is 38.3 Å². The average Bonchev–Trinajstić information content (AvgIpc) is 2.83. The van der Waals surface area contributed by atoms with Gasteiger partial charge >= 0.3 is 11.7 Å². The Morgan fingerprint density at radius 3 is 2.32 bits per heavy atom. The lowest BCUT2D eigenvalue weighted by Crippen LogP contribution is -2.35. The molecule has 0 saturated carbocycles. The molecule has 0 atom stereocenters. The van der Waals surface area contributed by atoms with Gasteiger partial charge < -0.3 is 10.3 Å². The minimum Gasteiger partial charge on any atom is -0.744 e. The van der Waals surface area contributed by atoms with Crippen molar-refractivity contribution in [3.63, 3.8) is 0 Å². The Bertz CT molecular complexity index is 995. The molecule has 3 aromatic rings. The lowest BCUT2D eigenvalue weighted by atomic mass is 10.2. The van der Waals surface area contributed by atoms with Crippen LogP contribution in [0, 0.1) is 20.8 Å². The molecule has 2 heterocycles. The van der Waals surface area contributed by atoms with Gasteiger partial charge in [-0.25, -0.2) is 13.0 Å². The van der Waals surface area contributed by atoms with Gasteiger partial charge in [-0.15, -0.1) is 9.50 Å². The van der Waals surface area contributed by atoms with Crippen molar-refractivity contribution in [2.45, 2.75) is 39.1 Å². The van der Waals surface area contributed by atoms with Gasteiger partial charge in [-0.3, -0.25) is 0 Å². The fraction of sp³-hybridized carbons (Fsp3) is 0.312. The molecule has 3 rings (SSSR count). The second-order valence-electron chi connectivity index (χ2n) is 5.62. The Hall–Kier alpha value is -2.52. The average molecular weight is 363 g/mol. The Morgan fingerprint density at radius 1 is 1.20 bits per heavy atom. The van der Waals surface area contributed by atoms with E-state index >= 15 is 0 Å². The molecule has 0 amide bonds. The van der Waals surface area contributed by atoms with E-state index in [2.05, 4.69) is 10.1 Å². The van der Waals surface area contributed by atoms with Crippen LogP contribution in [0.15, 0.2) is 35.2 Å². The highest BCUT2D eigenvalue weighted by molar-refractivity contribution is 7.85. The summed E-state index contributed by atoms with van der Waals surface area (Å²) in [5, 5.41) is 4.22. The number of hydrogen-bond donors (Lipinski definition) is 1. The fourth-order valence-corrected chi connectivity index (χ4v) is 2.79. The highest BCUT2D eigenvalue weighted by Gasteiger charge is 2.17. The first-order chi connectivity index (χ1) is 11.6. The van der Waals surface area contributed by atoms with Crippen LogP contribution in [0.5, 0.6) is 0 Å². The Morgan fingerprint density at radius 2 is 1.80 bits per heavy atom. The normalized spacial score (nSPS) is 11.2. The smallest absolute Gasteiger partial charge is 0.358 e. The highest BCUT2D eigenvalue weighted by atomic mass is 32.2. The van der Waals surface area contributed by atoms with Gasteiger partial charge in [0, 0.05) is 11.2 Å². The van der Waals surface area contributed by atoms with E-state index in [9.17, 15) is 13.0 Å². The third-order valence-corrected chi connectivity index (χ3v) is 4.41. The summed E-state index contributed by atoms with van der Waals surface area (Å²) in [5.41, 5.74) is 8.73. The summed E-state index contributed by atoms with van der Waals surface area (Å²) in [7, 11) is -4.27. The van der Waals surface area contributed by atoms with Crippen LogP contribution < -0.4 is 10.3 Å². The van der Waals surface area contributed by atoms with Crippen LogP contribution in [0.2, 0.25) is 0 Å². The zero-order valence-electron chi connectivity index (χ0n) is 14.6. The number of hydrogen-bond acceptors (Lipinski definition) is 6. The number of aromatic nitrogens is 4. The third kappa shape index (κ3) is 4.31. The van der Waals surface area contributed by atoms with Crippen LogP contribution in [-0.4, -0.2) is 27.6 Å². The zero-order valence-corrected chi connectivity index (χ0v) is 15.4. The monoisotopic (exact) mass is 363 g/mol. The number of rotatable bonds is 2. The molecule has 0 aliphatic carbocycles. The summed E-state index contributed by atoms with van der Waals surface area (Å²) < 4.78 is 34.8. The number of nitrogens with zero attached hydrogens (tertiary/aromatic N) is 4. The van der Waals surface area contributed by atoms with Gasteiger partial charge in [-0.1, -0.05) is 17.7 Å². The maximum Gasteiger partial charge on any atom is 0.358 e. The quantitative estimate of drug-likeness (QED) is 0.539. The first-order valence-corrected chi connectivity index (χ1v) is 9.09. The Kier molecular flexibility index (Phi) is 5.39. The van der Waals surface area contributed by atoms with Gasteiger partial charge in [-0.2, -0.15) is 0 Å². The third-order valence-electron chi connectivity index (χ3n) is 3.56. The molecule has 0 aliphatic rings. The maximum atomic E-state index is 10.4. The van der Waals surface area contributed by atoms with E-state index < -0.39 is 10.1 Å². The van der Waals surface area contributed by atoms with E-state index in [1.165, 1.54) is 12.1 Å². The minimum absolute atomic E-state index is 0.178. The van der Waals surface area contributed by atoms with E-state index in [1.54, 1.807) is 16.6 Å². The number of aryl methyl sites for hydroxylation is 4. The predicted molar refractivity (Wildman–Crippen MR) is 91.9 cm³/mol. The van der Waals surface area contributed by atoms with E-state index in [0.717, 1.165) is 29.3 Å². The molecule has 25 heavy (non-hydrogen) atoms. The van der Waals surface area contributed by atoms with Gasteiger partial charge in [0.15, 0.2) is 0 Å². The molecule has 0 bridgehead atoms. The Balaban J connectivity index is 0.000000186. The summed E-state index contributed by atoms with van der Waals surface area (Å²) in [6.45, 7) is 8.59. The van der Waals surface area contributed by atoms with Gasteiger partial charge in [0.05, 0.1) is 22.8 Å². The molecule has 0 fully saturated rings. The van der Waals surface area contributed by atoms with Gasteiger partial charge in [-0.05, 0) is 39.8 Å². The summed E-state index contributed by atoms with van der Waals surface area (Å²) in [5.74, 6) is 1.32. The topological polar surface area (TPSA) is 117 Å². The molecular formula is C16H21N5O3S. The van der Waals surface area contributed by atoms with Crippen molar-refractivity contribution in [3.8, 4) is 0 Å². The Labute approximate surface area is 146 Å². The van der Waals surface area contributed by atoms with Crippen LogP contribution in [0.4, 0.5) is 5.95 Å². The predicted octanol–water partition coefficient (Wildman–Crippen LogP) is 1.13. The zero-order chi connectivity index (χ0) is 18.8. The van der Waals surface area contributed by atoms with Crippen molar-refractivity contribution in [2.75, 3.05) is 5.73 Å². The van der Waals surface area contributed by atoms with Crippen molar-refractivity contribution >= 4 is 21.8 Å². The number of nitrogens with two attached hydrogens (primary N) is 1. The van der Waals surface area contributed by atoms with Crippen molar-refractivity contribution in [1.29, 1.82) is 0 Å². The molecule has 0 saturated heterocycles. The minimum atomic E-state index is -4.27. The molecule has 2 N–H and O–H groups in total. The van der Waals surface area contributed by atoms with Crippen molar-refractivity contribution in [1.82, 2.24) is 14.6 Å². The molecule has 2 aromatic heterocycles. The van der Waals surface area contributed by atoms with Crippen molar-refractivity contribution in [3.05, 3.63) is 47.3 Å². The van der Waals surface area contributed by atoms with E-state index in [4.69, 9.17) is 5.73 Å². The largest absolute Gasteiger partial charge is 0.744 e. The van der Waals surface area contributed by atoms with Crippen molar-refractivity contribution in [2.24, 2.45) is 0 Å². The summed E-state index contributed by atoms with van der Waals surface area (Å²) in [6.07, 6.45) is 0. The molecule has 1 aromatic carbocycles. The second-order valence-corrected chi connectivity index (χ2v) is 7.00. The maximum absolute atomic E-state index is 10.4. The van der Waals surface area contributed by atoms with E-state index in [-0.39, 0.29) is 4.90 Å². The van der Waals surface area contributed by atoms with Gasteiger partial charge in [0.1, 0.15) is 10.1 Å². The molecule has 0 unspecified atom stereocenters. The fourth-order valence-electron chi connectivity index (χ4n) is 2.32. The number of anilines is 1. The molecule has 134 valence electrons. The second kappa shape index (κ2) is 7.16. The van der Waals surface area contributed by atoms with Crippen LogP contribution in [-0.2, 0) is 16.7 Å². The van der Waals surface area contributed by atoms with Crippen LogP contribution >= 0.6 is 0 Å². The first-order valence-electron chi connectivity index (χ1n) is 7.68. The van der Waals surface area contributed by atoms with Crippen LogP contribution in [0.1, 0.15) is 23.9 Å². The number of fused-ring (bicyclic) bond motifs is 1. The summed E-state index contributed by atoms with van der Waals surface area (Å²) >= 11 is 0. The lowest BCUT2D eigenvalue weighted by Gasteiger charge is -2.05. The van der Waals surface area contributed by atoms with Crippen LogP contribution in [0.25, 0.3) is 5.78 Å². The summed E-state index contributed by atoms with van der Waals surface area (Å²) in [6, 6.07) is 7.77. The number of nitrogen functional groups attached to an aromatic ring is 1. The van der Waals surface area contributed by atoms with Gasteiger partial charge in [0.25, 0.3) is 0 Å². The van der Waals surface area contributed by atoms with Crippen LogP contribution in [0.3, 0.4) is 0 Å². The molecule has 8 nitrogen and oxygen atoms in total. The molecule has 0 aliphatic heterocycles. The summed E-state index contributed by atoms with van der Waals surface area (Å²) in [4.78, 5) is 4.23. The molecular weight excluding hydrogens is 342 g/mol. The lowest BCUT2D eigenvalue weighted by molar-refractivity contribution is -0.656. The first kappa shape index (κ1) is 18.8. The van der Waals surface area contributed by atoms with E-state index in [0.29, 0.717) is 5.95 Å². The molecule has 9 heteroatoms.